The molecular formula is C31H33BrClN3O4. The topological polar surface area (TPSA) is 74.9 Å². The van der Waals surface area contributed by atoms with Crippen LogP contribution < -0.4 is 19.8 Å². The van der Waals surface area contributed by atoms with Crippen LogP contribution in [0.15, 0.2) is 56.8 Å². The molecule has 0 spiro atoms. The number of para-hydroxylation sites is 1. The molecule has 1 heterocycles. The van der Waals surface area contributed by atoms with Crippen LogP contribution in [0, 0.1) is 6.92 Å². The van der Waals surface area contributed by atoms with Crippen molar-refractivity contribution < 1.29 is 14.2 Å². The lowest BCUT2D eigenvalue weighted by molar-refractivity contribution is 0.230. The number of fused-ring (bicyclic) bond motifs is 1. The number of halogens is 2. The highest BCUT2D eigenvalue weighted by Crippen LogP contribution is 2.42. The van der Waals surface area contributed by atoms with E-state index in [0.29, 0.717) is 49.9 Å². The average Bonchev–Trinajstić information content (AvgIpc) is 2.91. The molecule has 0 bridgehead atoms. The minimum absolute atomic E-state index is 0.101. The van der Waals surface area contributed by atoms with Gasteiger partial charge in [0.05, 0.1) is 36.9 Å². The zero-order valence-corrected chi connectivity index (χ0v) is 26.1. The quantitative estimate of drug-likeness (QED) is 0.176. The molecule has 0 atom stereocenters. The molecule has 3 aromatic carbocycles. The molecule has 0 amide bonds. The van der Waals surface area contributed by atoms with Gasteiger partial charge in [0.15, 0.2) is 17.3 Å². The highest BCUT2D eigenvalue weighted by atomic mass is 79.9. The highest BCUT2D eigenvalue weighted by Gasteiger charge is 2.20. The molecule has 0 aliphatic carbocycles. The number of ether oxygens (including phenoxy) is 3. The van der Waals surface area contributed by atoms with Gasteiger partial charge in [-0.2, -0.15) is 9.78 Å². The Bertz CT molecular complexity index is 1650. The number of hydrogen-bond donors (Lipinski definition) is 0. The Morgan fingerprint density at radius 3 is 2.50 bits per heavy atom. The first-order chi connectivity index (χ1) is 19.1. The summed E-state index contributed by atoms with van der Waals surface area (Å²) in [7, 11) is 1.55. The second-order valence-corrected chi connectivity index (χ2v) is 11.1. The third kappa shape index (κ3) is 5.88. The normalized spacial score (nSPS) is 11.7. The Hall–Kier alpha value is -3.36. The van der Waals surface area contributed by atoms with Crippen LogP contribution in [0.3, 0.4) is 0 Å². The van der Waals surface area contributed by atoms with Gasteiger partial charge < -0.3 is 14.2 Å². The molecule has 0 saturated heterocycles. The Kier molecular flexibility index (Phi) is 9.21. The first-order valence-electron chi connectivity index (χ1n) is 13.1. The first kappa shape index (κ1) is 29.6. The van der Waals surface area contributed by atoms with Gasteiger partial charge in [0.1, 0.15) is 10.8 Å². The predicted octanol–water partition coefficient (Wildman–Crippen LogP) is 7.99. The van der Waals surface area contributed by atoms with Crippen molar-refractivity contribution in [2.45, 2.75) is 53.6 Å². The molecule has 9 heteroatoms. The van der Waals surface area contributed by atoms with E-state index in [0.717, 1.165) is 22.4 Å². The molecule has 210 valence electrons. The van der Waals surface area contributed by atoms with E-state index in [4.69, 9.17) is 30.8 Å². The Labute approximate surface area is 247 Å². The summed E-state index contributed by atoms with van der Waals surface area (Å²) >= 11 is 10.2. The van der Waals surface area contributed by atoms with E-state index in [2.05, 4.69) is 34.9 Å². The van der Waals surface area contributed by atoms with Crippen LogP contribution in [-0.4, -0.2) is 35.7 Å². The van der Waals surface area contributed by atoms with Crippen molar-refractivity contribution in [3.8, 4) is 28.6 Å². The van der Waals surface area contributed by atoms with Gasteiger partial charge >= 0.3 is 0 Å². The number of nitrogens with zero attached hydrogens (tertiary/aromatic N) is 3. The molecular weight excluding hydrogens is 594 g/mol. The number of aryl methyl sites for hydroxylation is 1. The van der Waals surface area contributed by atoms with Crippen molar-refractivity contribution in [2.75, 3.05) is 13.7 Å². The third-order valence-electron chi connectivity index (χ3n) is 6.32. The molecule has 0 fully saturated rings. The van der Waals surface area contributed by atoms with Gasteiger partial charge in [0.25, 0.3) is 5.56 Å². The van der Waals surface area contributed by atoms with E-state index >= 15 is 0 Å². The van der Waals surface area contributed by atoms with Gasteiger partial charge in [0.2, 0.25) is 0 Å². The summed E-state index contributed by atoms with van der Waals surface area (Å²) in [5.41, 5.74) is 3.65. The van der Waals surface area contributed by atoms with Crippen molar-refractivity contribution >= 4 is 44.6 Å². The van der Waals surface area contributed by atoms with Crippen LogP contribution in [0.25, 0.3) is 22.3 Å². The molecule has 40 heavy (non-hydrogen) atoms. The van der Waals surface area contributed by atoms with E-state index in [1.807, 2.05) is 58.0 Å². The van der Waals surface area contributed by atoms with Gasteiger partial charge in [-0.15, -0.1) is 0 Å². The highest BCUT2D eigenvalue weighted by molar-refractivity contribution is 9.10. The standard InChI is InChI=1S/C31H33BrClN3O4/c1-8-39-25-13-19(6)23(15-22(25)17(2)3)30-35-24-12-10-9-11-21(24)31(37)36(30)34-16-20-14-26(38-7)29(40-18(4)5)28(33)27(20)32/h9-18H,8H2,1-7H3. The molecule has 4 aromatic rings. The zero-order chi connectivity index (χ0) is 29.1. The lowest BCUT2D eigenvalue weighted by Gasteiger charge is -2.18. The molecule has 0 radical (unpaired) electrons. The molecule has 0 saturated carbocycles. The molecule has 0 N–H and O–H groups in total. The minimum Gasteiger partial charge on any atom is -0.494 e. The molecule has 0 aliphatic heterocycles. The number of benzene rings is 3. The van der Waals surface area contributed by atoms with Gasteiger partial charge in [-0.3, -0.25) is 4.79 Å². The Balaban J connectivity index is 1.96. The summed E-state index contributed by atoms with van der Waals surface area (Å²) in [5, 5.41) is 5.46. The number of rotatable bonds is 9. The van der Waals surface area contributed by atoms with E-state index in [1.54, 1.807) is 25.5 Å². The fourth-order valence-electron chi connectivity index (χ4n) is 4.39. The van der Waals surface area contributed by atoms with Gasteiger partial charge in [-0.1, -0.05) is 37.6 Å². The smallest absolute Gasteiger partial charge is 0.282 e. The monoisotopic (exact) mass is 625 g/mol. The summed E-state index contributed by atoms with van der Waals surface area (Å²) in [6.07, 6.45) is 1.46. The molecule has 0 unspecified atom stereocenters. The van der Waals surface area contributed by atoms with Crippen LogP contribution in [0.4, 0.5) is 0 Å². The molecule has 1 aromatic heterocycles. The minimum atomic E-state index is -0.287. The van der Waals surface area contributed by atoms with Crippen LogP contribution in [0.1, 0.15) is 57.2 Å². The van der Waals surface area contributed by atoms with Crippen molar-refractivity contribution in [2.24, 2.45) is 5.10 Å². The van der Waals surface area contributed by atoms with Crippen molar-refractivity contribution in [3.05, 3.63) is 79.0 Å². The lowest BCUT2D eigenvalue weighted by atomic mass is 9.96. The second-order valence-electron chi connectivity index (χ2n) is 9.90. The zero-order valence-electron chi connectivity index (χ0n) is 23.7. The van der Waals surface area contributed by atoms with Crippen LogP contribution in [0.5, 0.6) is 17.2 Å². The van der Waals surface area contributed by atoms with E-state index in [9.17, 15) is 4.79 Å². The Morgan fingerprint density at radius 1 is 1.12 bits per heavy atom. The molecule has 7 nitrogen and oxygen atoms in total. The average molecular weight is 627 g/mol. The van der Waals surface area contributed by atoms with Crippen LogP contribution in [0.2, 0.25) is 5.02 Å². The largest absolute Gasteiger partial charge is 0.494 e. The van der Waals surface area contributed by atoms with Crippen LogP contribution in [-0.2, 0) is 0 Å². The number of hydrogen-bond acceptors (Lipinski definition) is 6. The molecule has 0 aliphatic rings. The Morgan fingerprint density at radius 2 is 1.85 bits per heavy atom. The van der Waals surface area contributed by atoms with E-state index in [-0.39, 0.29) is 17.6 Å². The fourth-order valence-corrected chi connectivity index (χ4v) is 5.04. The van der Waals surface area contributed by atoms with Gasteiger partial charge in [-0.25, -0.2) is 4.98 Å². The van der Waals surface area contributed by atoms with E-state index in [1.165, 1.54) is 4.68 Å². The van der Waals surface area contributed by atoms with Crippen LogP contribution >= 0.6 is 27.5 Å². The number of methoxy groups -OCH3 is 1. The van der Waals surface area contributed by atoms with Gasteiger partial charge in [0, 0.05) is 15.6 Å². The molecule has 4 rings (SSSR count). The second kappa shape index (κ2) is 12.4. The summed E-state index contributed by atoms with van der Waals surface area (Å²) < 4.78 is 19.2. The number of aromatic nitrogens is 2. The summed E-state index contributed by atoms with van der Waals surface area (Å²) in [6, 6.07) is 13.1. The fraction of sp³-hybridized carbons (Fsp3) is 0.323. The maximum Gasteiger partial charge on any atom is 0.282 e. The SMILES string of the molecule is CCOc1cc(C)c(-c2nc3ccccc3c(=O)n2N=Cc2cc(OC)c(OC(C)C)c(Cl)c2Br)cc1C(C)C. The maximum absolute atomic E-state index is 13.8. The third-order valence-corrected chi connectivity index (χ3v) is 7.76. The van der Waals surface area contributed by atoms with E-state index < -0.39 is 0 Å². The maximum atomic E-state index is 13.8. The first-order valence-corrected chi connectivity index (χ1v) is 14.3. The van der Waals surface area contributed by atoms with Crippen molar-refractivity contribution in [3.63, 3.8) is 0 Å². The summed E-state index contributed by atoms with van der Waals surface area (Å²) in [5.74, 6) is 2.33. The summed E-state index contributed by atoms with van der Waals surface area (Å²) in [4.78, 5) is 18.7. The van der Waals surface area contributed by atoms with Gasteiger partial charge in [-0.05, 0) is 91.0 Å². The predicted molar refractivity (Wildman–Crippen MR) is 166 cm³/mol. The van der Waals surface area contributed by atoms with Crippen molar-refractivity contribution in [1.82, 2.24) is 9.66 Å². The van der Waals surface area contributed by atoms with Crippen molar-refractivity contribution in [1.29, 1.82) is 0 Å². The summed E-state index contributed by atoms with van der Waals surface area (Å²) in [6.45, 7) is 12.5. The lowest BCUT2D eigenvalue weighted by Crippen LogP contribution is -2.21.